The minimum absolute atomic E-state index is 0.0664. The summed E-state index contributed by atoms with van der Waals surface area (Å²) in [6, 6.07) is 0. The Balaban J connectivity index is 1.99. The summed E-state index contributed by atoms with van der Waals surface area (Å²) < 4.78 is 6.47. The van der Waals surface area contributed by atoms with Gasteiger partial charge >= 0.3 is 0 Å². The van der Waals surface area contributed by atoms with Crippen molar-refractivity contribution in [3.63, 3.8) is 0 Å². The van der Waals surface area contributed by atoms with Crippen LogP contribution in [-0.2, 0) is 4.52 Å². The van der Waals surface area contributed by atoms with Crippen LogP contribution in [0.5, 0.6) is 0 Å². The zero-order chi connectivity index (χ0) is 11.6. The van der Waals surface area contributed by atoms with Gasteiger partial charge in [-0.1, -0.05) is 25.7 Å². The van der Waals surface area contributed by atoms with Crippen LogP contribution < -0.4 is 0 Å². The van der Waals surface area contributed by atoms with Gasteiger partial charge in [0.25, 0.3) is 0 Å². The fourth-order valence-electron chi connectivity index (χ4n) is 3.08. The molecular weight excluding hydrogens is 215 g/mol. The molecule has 1 nitrogen and oxygen atoms in total. The minimum atomic E-state index is -0.151. The highest BCUT2D eigenvalue weighted by Crippen LogP contribution is 2.59. The third-order valence-electron chi connectivity index (χ3n) is 3.75. The first-order valence-electron chi connectivity index (χ1n) is 7.04. The van der Waals surface area contributed by atoms with E-state index in [4.69, 9.17) is 4.52 Å². The summed E-state index contributed by atoms with van der Waals surface area (Å²) in [4.78, 5) is 0. The van der Waals surface area contributed by atoms with Gasteiger partial charge in [-0.2, -0.15) is 0 Å². The molecule has 0 heterocycles. The van der Waals surface area contributed by atoms with Gasteiger partial charge in [-0.25, -0.2) is 0 Å². The molecule has 0 bridgehead atoms. The van der Waals surface area contributed by atoms with E-state index < -0.39 is 0 Å². The van der Waals surface area contributed by atoms with E-state index in [1.54, 1.807) is 0 Å². The van der Waals surface area contributed by atoms with Crippen molar-refractivity contribution in [3.05, 3.63) is 0 Å². The van der Waals surface area contributed by atoms with Crippen LogP contribution in [0.3, 0.4) is 0 Å². The van der Waals surface area contributed by atoms with E-state index in [2.05, 4.69) is 20.8 Å². The van der Waals surface area contributed by atoms with Crippen LogP contribution in [0.1, 0.15) is 72.1 Å². The van der Waals surface area contributed by atoms with Crippen LogP contribution in [-0.4, -0.2) is 16.9 Å². The van der Waals surface area contributed by atoms with E-state index in [1.165, 1.54) is 51.4 Å². The first kappa shape index (κ1) is 12.8. The summed E-state index contributed by atoms with van der Waals surface area (Å²) in [5.41, 5.74) is 1.92. The van der Waals surface area contributed by atoms with Crippen molar-refractivity contribution >= 4 is 8.15 Å². The van der Waals surface area contributed by atoms with Crippen molar-refractivity contribution in [1.82, 2.24) is 0 Å². The quantitative estimate of drug-likeness (QED) is 0.627. The second-order valence-corrected chi connectivity index (χ2v) is 8.80. The second-order valence-electron chi connectivity index (χ2n) is 6.44. The summed E-state index contributed by atoms with van der Waals surface area (Å²) >= 11 is 0. The first-order chi connectivity index (χ1) is 7.56. The van der Waals surface area contributed by atoms with E-state index in [1.807, 2.05) is 0 Å². The van der Waals surface area contributed by atoms with E-state index >= 15 is 0 Å². The zero-order valence-electron chi connectivity index (χ0n) is 11.2. The standard InChI is InChI=1S/C14H27OP/c1-14(2,3)15-16(12-8-4-5-9-12)13-10-6-7-11-13/h12-13H,4-11H2,1-3H3. The lowest BCUT2D eigenvalue weighted by molar-refractivity contribution is 0.145. The molecule has 0 unspecified atom stereocenters. The molecule has 0 aromatic heterocycles. The maximum atomic E-state index is 6.47. The van der Waals surface area contributed by atoms with Crippen molar-refractivity contribution < 1.29 is 4.52 Å². The molecule has 0 saturated heterocycles. The SMILES string of the molecule is CC(C)(C)OP(C1CCCC1)C1CCCC1. The Morgan fingerprint density at radius 1 is 0.812 bits per heavy atom. The highest BCUT2D eigenvalue weighted by molar-refractivity contribution is 7.54. The molecule has 2 heteroatoms. The molecule has 2 aliphatic rings. The molecule has 0 aromatic rings. The minimum Gasteiger partial charge on any atom is -0.353 e. The van der Waals surface area contributed by atoms with Gasteiger partial charge in [-0.15, -0.1) is 0 Å². The molecule has 2 saturated carbocycles. The predicted octanol–water partition coefficient (Wildman–Crippen LogP) is 5.08. The normalized spacial score (nSPS) is 24.8. The molecule has 94 valence electrons. The van der Waals surface area contributed by atoms with Crippen LogP contribution in [0, 0.1) is 0 Å². The highest BCUT2D eigenvalue weighted by atomic mass is 31.1. The van der Waals surface area contributed by atoms with E-state index in [-0.39, 0.29) is 13.7 Å². The van der Waals surface area contributed by atoms with Crippen LogP contribution in [0.25, 0.3) is 0 Å². The molecule has 2 rings (SSSR count). The van der Waals surface area contributed by atoms with Gasteiger partial charge in [-0.05, 0) is 46.5 Å². The largest absolute Gasteiger partial charge is 0.353 e. The summed E-state index contributed by atoms with van der Waals surface area (Å²) in [6.45, 7) is 6.69. The van der Waals surface area contributed by atoms with Gasteiger partial charge in [0.05, 0.1) is 5.60 Å². The van der Waals surface area contributed by atoms with E-state index in [0.717, 1.165) is 11.3 Å². The first-order valence-corrected chi connectivity index (χ1v) is 8.43. The average Bonchev–Trinajstić information content (AvgIpc) is 2.86. The lowest BCUT2D eigenvalue weighted by Gasteiger charge is -2.35. The predicted molar refractivity (Wildman–Crippen MR) is 72.3 cm³/mol. The molecular formula is C14H27OP. The van der Waals surface area contributed by atoms with Crippen molar-refractivity contribution in [1.29, 1.82) is 0 Å². The Hall–Kier alpha value is 0.390. The van der Waals surface area contributed by atoms with E-state index in [9.17, 15) is 0 Å². The van der Waals surface area contributed by atoms with Crippen molar-refractivity contribution in [2.75, 3.05) is 0 Å². The van der Waals surface area contributed by atoms with Gasteiger partial charge in [-0.3, -0.25) is 0 Å². The number of hydrogen-bond acceptors (Lipinski definition) is 1. The molecule has 0 aliphatic heterocycles. The van der Waals surface area contributed by atoms with Gasteiger partial charge in [0.2, 0.25) is 0 Å². The molecule has 16 heavy (non-hydrogen) atoms. The Kier molecular flexibility index (Phi) is 4.30. The smallest absolute Gasteiger partial charge is 0.0641 e. The lowest BCUT2D eigenvalue weighted by Crippen LogP contribution is -2.23. The van der Waals surface area contributed by atoms with Crippen LogP contribution in [0.15, 0.2) is 0 Å². The summed E-state index contributed by atoms with van der Waals surface area (Å²) in [6.07, 6.45) is 11.6. The monoisotopic (exact) mass is 242 g/mol. The van der Waals surface area contributed by atoms with Crippen LogP contribution in [0.2, 0.25) is 0 Å². The Bertz CT molecular complexity index is 193. The second kappa shape index (κ2) is 5.36. The van der Waals surface area contributed by atoms with E-state index in [0.29, 0.717) is 0 Å². The molecule has 0 atom stereocenters. The topological polar surface area (TPSA) is 9.23 Å². The fraction of sp³-hybridized carbons (Fsp3) is 1.00. The lowest BCUT2D eigenvalue weighted by atomic mass is 10.2. The fourth-order valence-corrected chi connectivity index (χ4v) is 6.36. The third kappa shape index (κ3) is 3.44. The molecule has 0 radical (unpaired) electrons. The van der Waals surface area contributed by atoms with Crippen molar-refractivity contribution in [2.45, 2.75) is 89.1 Å². The molecule has 0 spiro atoms. The number of hydrogen-bond donors (Lipinski definition) is 0. The maximum Gasteiger partial charge on any atom is 0.0641 e. The Morgan fingerprint density at radius 3 is 1.50 bits per heavy atom. The van der Waals surface area contributed by atoms with Gasteiger partial charge in [0, 0.05) is 19.5 Å². The van der Waals surface area contributed by atoms with Crippen LogP contribution in [0.4, 0.5) is 0 Å². The van der Waals surface area contributed by atoms with Crippen molar-refractivity contribution in [2.24, 2.45) is 0 Å². The maximum absolute atomic E-state index is 6.47. The van der Waals surface area contributed by atoms with Crippen molar-refractivity contribution in [3.8, 4) is 0 Å². The molecule has 2 aliphatic carbocycles. The van der Waals surface area contributed by atoms with Gasteiger partial charge in [0.15, 0.2) is 0 Å². The highest BCUT2D eigenvalue weighted by Gasteiger charge is 2.36. The molecule has 0 aromatic carbocycles. The Labute approximate surface area is 102 Å². The average molecular weight is 242 g/mol. The van der Waals surface area contributed by atoms with Gasteiger partial charge in [0.1, 0.15) is 0 Å². The summed E-state index contributed by atoms with van der Waals surface area (Å²) in [7, 11) is -0.151. The zero-order valence-corrected chi connectivity index (χ0v) is 12.1. The van der Waals surface area contributed by atoms with Gasteiger partial charge < -0.3 is 4.52 Å². The molecule has 0 amide bonds. The summed E-state index contributed by atoms with van der Waals surface area (Å²) in [5.74, 6) is 0. The van der Waals surface area contributed by atoms with Crippen LogP contribution >= 0.6 is 8.15 Å². The number of rotatable bonds is 3. The third-order valence-corrected chi connectivity index (χ3v) is 6.98. The molecule has 2 fully saturated rings. The Morgan fingerprint density at radius 2 is 1.19 bits per heavy atom. The molecule has 0 N–H and O–H groups in total. The summed E-state index contributed by atoms with van der Waals surface area (Å²) in [5, 5.41) is 0.